The maximum atomic E-state index is 12.9. The molecule has 0 saturated carbocycles. The fourth-order valence-corrected chi connectivity index (χ4v) is 3.87. The molecule has 2 aliphatic heterocycles. The molecule has 4 rings (SSSR count). The van der Waals surface area contributed by atoms with Crippen molar-refractivity contribution in [2.24, 2.45) is 5.92 Å². The maximum Gasteiger partial charge on any atom is 0.272 e. The third-order valence-electron chi connectivity index (χ3n) is 5.05. The number of aromatic nitrogens is 2. The van der Waals surface area contributed by atoms with E-state index in [4.69, 9.17) is 4.74 Å². The van der Waals surface area contributed by atoms with Gasteiger partial charge in [0.2, 0.25) is 5.91 Å². The van der Waals surface area contributed by atoms with Crippen LogP contribution in [0.25, 0.3) is 11.0 Å². The van der Waals surface area contributed by atoms with E-state index in [1.165, 1.54) is 6.92 Å². The Morgan fingerprint density at radius 3 is 3.12 bits per heavy atom. The minimum atomic E-state index is -0.379. The normalized spacial score (nSPS) is 26.4. The van der Waals surface area contributed by atoms with Crippen LogP contribution in [0.1, 0.15) is 23.8 Å². The molecule has 0 spiro atoms. The molecule has 2 aromatic rings. The number of hydrogen-bond donors (Lipinski definition) is 2. The fraction of sp³-hybridized carbons (Fsp3) is 0.471. The molecular formula is C17H20N4O3. The lowest BCUT2D eigenvalue weighted by Gasteiger charge is -2.38. The van der Waals surface area contributed by atoms with Gasteiger partial charge in [0.05, 0.1) is 12.1 Å². The largest absolute Gasteiger partial charge is 0.381 e. The van der Waals surface area contributed by atoms with Gasteiger partial charge in [-0.2, -0.15) is 0 Å². The third-order valence-corrected chi connectivity index (χ3v) is 5.05. The molecule has 2 saturated heterocycles. The van der Waals surface area contributed by atoms with Crippen LogP contribution in [0.15, 0.2) is 24.4 Å². The number of nitrogens with zero attached hydrogens (tertiary/aromatic N) is 2. The highest BCUT2D eigenvalue weighted by atomic mass is 16.5. The molecule has 2 fully saturated rings. The van der Waals surface area contributed by atoms with E-state index in [0.717, 1.165) is 11.8 Å². The Morgan fingerprint density at radius 1 is 1.42 bits per heavy atom. The van der Waals surface area contributed by atoms with Crippen molar-refractivity contribution in [3.8, 4) is 0 Å². The van der Waals surface area contributed by atoms with Gasteiger partial charge in [-0.3, -0.25) is 9.59 Å². The van der Waals surface area contributed by atoms with Crippen LogP contribution in [0.3, 0.4) is 0 Å². The number of aromatic amines is 1. The average molecular weight is 328 g/mol. The average Bonchev–Trinajstić information content (AvgIpc) is 3.16. The van der Waals surface area contributed by atoms with Gasteiger partial charge < -0.3 is 19.9 Å². The van der Waals surface area contributed by atoms with Crippen molar-refractivity contribution in [3.05, 3.63) is 30.1 Å². The summed E-state index contributed by atoms with van der Waals surface area (Å²) in [5.41, 5.74) is 0.746. The van der Waals surface area contributed by atoms with Crippen molar-refractivity contribution in [2.45, 2.75) is 18.9 Å². The second-order valence-electron chi connectivity index (χ2n) is 6.66. The predicted octanol–water partition coefficient (Wildman–Crippen LogP) is 0.930. The zero-order valence-electron chi connectivity index (χ0n) is 13.5. The van der Waals surface area contributed by atoms with Crippen LogP contribution in [0, 0.1) is 5.92 Å². The number of amides is 2. The van der Waals surface area contributed by atoms with E-state index >= 15 is 0 Å². The minimum absolute atomic E-state index is 0.0675. The summed E-state index contributed by atoms with van der Waals surface area (Å²) in [5, 5.41) is 4.06. The molecule has 7 nitrogen and oxygen atoms in total. The highest BCUT2D eigenvalue weighted by molar-refractivity contribution is 5.94. The molecule has 2 atom stereocenters. The minimum Gasteiger partial charge on any atom is -0.381 e. The SMILES string of the molecule is CC(=O)N[C@@]12CCOC[C@@H]1CN(C(=O)c1ccc3cc[nH]c3n1)C2. The van der Waals surface area contributed by atoms with Gasteiger partial charge in [-0.15, -0.1) is 0 Å². The molecule has 2 aliphatic rings. The second kappa shape index (κ2) is 5.59. The molecule has 4 heterocycles. The second-order valence-corrected chi connectivity index (χ2v) is 6.66. The number of hydrogen-bond acceptors (Lipinski definition) is 4. The highest BCUT2D eigenvalue weighted by Crippen LogP contribution is 2.35. The van der Waals surface area contributed by atoms with Crippen LogP contribution in [-0.4, -0.2) is 58.5 Å². The first-order chi connectivity index (χ1) is 11.6. The van der Waals surface area contributed by atoms with Gasteiger partial charge >= 0.3 is 0 Å². The molecule has 0 unspecified atom stereocenters. The molecule has 24 heavy (non-hydrogen) atoms. The Kier molecular flexibility index (Phi) is 3.53. The molecule has 0 radical (unpaired) electrons. The van der Waals surface area contributed by atoms with Crippen LogP contribution < -0.4 is 5.32 Å². The van der Waals surface area contributed by atoms with Crippen molar-refractivity contribution in [2.75, 3.05) is 26.3 Å². The monoisotopic (exact) mass is 328 g/mol. The van der Waals surface area contributed by atoms with Crippen LogP contribution in [-0.2, 0) is 9.53 Å². The van der Waals surface area contributed by atoms with Gasteiger partial charge in [-0.05, 0) is 24.6 Å². The van der Waals surface area contributed by atoms with Crippen molar-refractivity contribution in [1.29, 1.82) is 0 Å². The van der Waals surface area contributed by atoms with E-state index in [9.17, 15) is 9.59 Å². The van der Waals surface area contributed by atoms with Gasteiger partial charge in [0.1, 0.15) is 11.3 Å². The van der Waals surface area contributed by atoms with Gasteiger partial charge in [0.15, 0.2) is 0 Å². The van der Waals surface area contributed by atoms with Gasteiger partial charge in [0.25, 0.3) is 5.91 Å². The fourth-order valence-electron chi connectivity index (χ4n) is 3.87. The summed E-state index contributed by atoms with van der Waals surface area (Å²) in [6, 6.07) is 5.56. The number of carbonyl (C=O) groups is 2. The predicted molar refractivity (Wildman–Crippen MR) is 87.5 cm³/mol. The molecule has 126 valence electrons. The number of nitrogens with one attached hydrogen (secondary N) is 2. The topological polar surface area (TPSA) is 87.3 Å². The number of fused-ring (bicyclic) bond motifs is 2. The summed E-state index contributed by atoms with van der Waals surface area (Å²) in [4.78, 5) is 33.8. The zero-order chi connectivity index (χ0) is 16.7. The summed E-state index contributed by atoms with van der Waals surface area (Å²) in [5.74, 6) is -0.0546. The van der Waals surface area contributed by atoms with Crippen LogP contribution in [0.2, 0.25) is 0 Å². The first-order valence-corrected chi connectivity index (χ1v) is 8.17. The zero-order valence-corrected chi connectivity index (χ0v) is 13.5. The molecule has 2 N–H and O–H groups in total. The van der Waals surface area contributed by atoms with Crippen molar-refractivity contribution >= 4 is 22.8 Å². The van der Waals surface area contributed by atoms with Gasteiger partial charge in [-0.25, -0.2) is 4.98 Å². The molecule has 2 aromatic heterocycles. The van der Waals surface area contributed by atoms with Crippen molar-refractivity contribution < 1.29 is 14.3 Å². The number of H-pyrrole nitrogens is 1. The molecule has 0 bridgehead atoms. The summed E-state index contributed by atoms with van der Waals surface area (Å²) >= 11 is 0. The van der Waals surface area contributed by atoms with Crippen molar-refractivity contribution in [3.63, 3.8) is 0 Å². The quantitative estimate of drug-likeness (QED) is 0.858. The van der Waals surface area contributed by atoms with E-state index in [1.54, 1.807) is 17.2 Å². The van der Waals surface area contributed by atoms with E-state index in [1.807, 2.05) is 12.1 Å². The van der Waals surface area contributed by atoms with E-state index in [-0.39, 0.29) is 23.3 Å². The molecule has 7 heteroatoms. The van der Waals surface area contributed by atoms with Gasteiger partial charge in [0, 0.05) is 44.1 Å². The third kappa shape index (κ3) is 2.45. The molecule has 2 amide bonds. The Morgan fingerprint density at radius 2 is 2.29 bits per heavy atom. The van der Waals surface area contributed by atoms with E-state index in [2.05, 4.69) is 15.3 Å². The first kappa shape index (κ1) is 15.1. The number of ether oxygens (including phenoxy) is 1. The number of rotatable bonds is 2. The smallest absolute Gasteiger partial charge is 0.272 e. The first-order valence-electron chi connectivity index (χ1n) is 8.17. The number of likely N-dealkylation sites (tertiary alicyclic amines) is 1. The molecule has 0 aromatic carbocycles. The lowest BCUT2D eigenvalue weighted by Crippen LogP contribution is -2.57. The standard InChI is InChI=1S/C17H20N4O3/c1-11(22)20-17-5-7-24-9-13(17)8-21(10-17)16(23)14-3-2-12-4-6-18-15(12)19-14/h2-4,6,13H,5,7-10H2,1H3,(H,18,19)(H,20,22)/t13-,17+/m0/s1. The van der Waals surface area contributed by atoms with E-state index in [0.29, 0.717) is 37.6 Å². The number of carbonyl (C=O) groups excluding carboxylic acids is 2. The Labute approximate surface area is 139 Å². The van der Waals surface area contributed by atoms with Crippen molar-refractivity contribution in [1.82, 2.24) is 20.2 Å². The Hall–Kier alpha value is -2.41. The van der Waals surface area contributed by atoms with Crippen LogP contribution in [0.4, 0.5) is 0 Å². The summed E-state index contributed by atoms with van der Waals surface area (Å²) < 4.78 is 5.56. The van der Waals surface area contributed by atoms with Crippen LogP contribution in [0.5, 0.6) is 0 Å². The highest BCUT2D eigenvalue weighted by Gasteiger charge is 2.50. The lowest BCUT2D eigenvalue weighted by molar-refractivity contribution is -0.122. The maximum absolute atomic E-state index is 12.9. The van der Waals surface area contributed by atoms with Crippen LogP contribution >= 0.6 is 0 Å². The molecule has 0 aliphatic carbocycles. The van der Waals surface area contributed by atoms with E-state index < -0.39 is 0 Å². The summed E-state index contributed by atoms with van der Waals surface area (Å²) in [6.07, 6.45) is 2.53. The number of pyridine rings is 1. The Bertz CT molecular complexity index is 802. The van der Waals surface area contributed by atoms with Gasteiger partial charge in [-0.1, -0.05) is 0 Å². The summed E-state index contributed by atoms with van der Waals surface area (Å²) in [7, 11) is 0. The lowest BCUT2D eigenvalue weighted by atomic mass is 9.83. The summed E-state index contributed by atoms with van der Waals surface area (Å²) in [6.45, 7) is 3.76. The Balaban J connectivity index is 1.60. The molecular weight excluding hydrogens is 308 g/mol.